The summed E-state index contributed by atoms with van der Waals surface area (Å²) >= 11 is 1.37. The second-order valence-electron chi connectivity index (χ2n) is 6.67. The minimum absolute atomic E-state index is 0.0911. The van der Waals surface area contributed by atoms with Crippen molar-refractivity contribution in [3.8, 4) is 28.3 Å². The summed E-state index contributed by atoms with van der Waals surface area (Å²) in [4.78, 5) is 18.8. The van der Waals surface area contributed by atoms with Crippen molar-refractivity contribution in [2.24, 2.45) is 0 Å². The first-order valence-electron chi connectivity index (χ1n) is 9.17. The zero-order valence-corrected chi connectivity index (χ0v) is 16.1. The van der Waals surface area contributed by atoms with Gasteiger partial charge in [-0.25, -0.2) is 9.38 Å². The van der Waals surface area contributed by atoms with Crippen LogP contribution in [0.2, 0.25) is 0 Å². The van der Waals surface area contributed by atoms with E-state index in [4.69, 9.17) is 4.98 Å². The highest BCUT2D eigenvalue weighted by molar-refractivity contribution is 7.15. The largest absolute Gasteiger partial charge is 0.508 e. The van der Waals surface area contributed by atoms with E-state index in [1.54, 1.807) is 28.7 Å². The fourth-order valence-corrected chi connectivity index (χ4v) is 4.35. The number of phenolic OH excluding ortho intramolecular Hbond substituents is 1. The Bertz CT molecular complexity index is 1400. The first-order valence-corrected chi connectivity index (χ1v) is 9.99. The van der Waals surface area contributed by atoms with Crippen LogP contribution in [-0.2, 0) is 0 Å². The van der Waals surface area contributed by atoms with Crippen molar-refractivity contribution in [3.05, 3.63) is 105 Å². The van der Waals surface area contributed by atoms with Crippen molar-refractivity contribution in [1.29, 1.82) is 0 Å². The van der Waals surface area contributed by atoms with Crippen LogP contribution in [0.15, 0.2) is 89.7 Å². The van der Waals surface area contributed by atoms with E-state index in [9.17, 15) is 9.90 Å². The molecule has 0 aliphatic heterocycles. The second-order valence-corrected chi connectivity index (χ2v) is 7.68. The van der Waals surface area contributed by atoms with E-state index in [0.29, 0.717) is 9.49 Å². The number of phenols is 1. The molecule has 0 spiro atoms. The molecular weight excluding hydrogens is 380 g/mol. The molecule has 0 atom stereocenters. The molecule has 0 aliphatic rings. The molecule has 0 amide bonds. The summed E-state index contributed by atoms with van der Waals surface area (Å²) in [7, 11) is 0. The Morgan fingerprint density at radius 1 is 0.828 bits per heavy atom. The molecule has 0 saturated carbocycles. The molecule has 5 rings (SSSR count). The summed E-state index contributed by atoms with van der Waals surface area (Å²) in [5.74, 6) is 0.198. The highest BCUT2D eigenvalue weighted by Gasteiger charge is 2.19. The number of hydrogen-bond donors (Lipinski definition) is 1. The lowest BCUT2D eigenvalue weighted by Crippen LogP contribution is -2.23. The number of benzene rings is 3. The quantitative estimate of drug-likeness (QED) is 0.493. The molecular formula is C24H16N2O2S. The molecule has 5 heteroatoms. The van der Waals surface area contributed by atoms with Gasteiger partial charge >= 0.3 is 0 Å². The van der Waals surface area contributed by atoms with Crippen LogP contribution in [0, 0.1) is 0 Å². The lowest BCUT2D eigenvalue weighted by atomic mass is 10.1. The third-order valence-electron chi connectivity index (χ3n) is 4.75. The maximum absolute atomic E-state index is 13.3. The fourth-order valence-electron chi connectivity index (χ4n) is 3.38. The minimum Gasteiger partial charge on any atom is -0.508 e. The molecule has 0 bridgehead atoms. The number of nitrogens with zero attached hydrogens (tertiary/aromatic N) is 2. The monoisotopic (exact) mass is 396 g/mol. The Labute approximate surface area is 170 Å². The van der Waals surface area contributed by atoms with Gasteiger partial charge in [0.25, 0.3) is 5.56 Å². The third-order valence-corrected chi connectivity index (χ3v) is 5.72. The van der Waals surface area contributed by atoms with Gasteiger partial charge in [0, 0.05) is 11.1 Å². The number of hydrogen-bond acceptors (Lipinski definition) is 4. The van der Waals surface area contributed by atoms with Crippen molar-refractivity contribution in [2.45, 2.75) is 0 Å². The number of rotatable bonds is 3. The lowest BCUT2D eigenvalue weighted by molar-refractivity contribution is 0.475. The van der Waals surface area contributed by atoms with E-state index in [1.165, 1.54) is 11.3 Å². The zero-order chi connectivity index (χ0) is 19.8. The number of aromatic hydroxyl groups is 1. The van der Waals surface area contributed by atoms with Gasteiger partial charge in [0.15, 0.2) is 4.96 Å². The second kappa shape index (κ2) is 7.04. The van der Waals surface area contributed by atoms with Crippen molar-refractivity contribution < 1.29 is 5.11 Å². The Balaban J connectivity index is 1.79. The van der Waals surface area contributed by atoms with Crippen LogP contribution in [0.5, 0.6) is 5.75 Å². The third kappa shape index (κ3) is 3.11. The van der Waals surface area contributed by atoms with Crippen LogP contribution in [0.25, 0.3) is 33.6 Å². The molecule has 0 aliphatic carbocycles. The van der Waals surface area contributed by atoms with Gasteiger partial charge in [-0.15, -0.1) is 0 Å². The molecule has 140 valence electrons. The van der Waals surface area contributed by atoms with E-state index in [2.05, 4.69) is 0 Å². The van der Waals surface area contributed by atoms with Gasteiger partial charge in [0.05, 0.1) is 15.9 Å². The van der Waals surface area contributed by atoms with E-state index >= 15 is 0 Å². The van der Waals surface area contributed by atoms with E-state index in [0.717, 1.165) is 28.1 Å². The number of fused-ring (bicyclic) bond motifs is 1. The zero-order valence-electron chi connectivity index (χ0n) is 15.3. The van der Waals surface area contributed by atoms with Gasteiger partial charge in [-0.05, 0) is 23.8 Å². The Hall–Kier alpha value is -3.70. The molecule has 3 aromatic carbocycles. The first-order chi connectivity index (χ1) is 14.2. The standard InChI is InChI=1S/C24H16N2O2S/c27-19-13-11-16(12-14-19)15-20-23(28)26-22(18-9-5-2-6-10-18)21(25-24(26)29-20)17-7-3-1-4-8-17/h1-15,27H. The molecule has 2 heterocycles. The van der Waals surface area contributed by atoms with E-state index < -0.39 is 0 Å². The van der Waals surface area contributed by atoms with Crippen LogP contribution in [0.1, 0.15) is 5.56 Å². The van der Waals surface area contributed by atoms with Gasteiger partial charge in [-0.1, -0.05) is 84.1 Å². The predicted octanol–water partition coefficient (Wildman–Crippen LogP) is 4.34. The van der Waals surface area contributed by atoms with E-state index in [1.807, 2.05) is 66.7 Å². The molecule has 0 saturated heterocycles. The van der Waals surface area contributed by atoms with Crippen LogP contribution in [-0.4, -0.2) is 14.5 Å². The summed E-state index contributed by atoms with van der Waals surface area (Å²) in [5.41, 5.74) is 4.30. The van der Waals surface area contributed by atoms with Gasteiger partial charge in [0.1, 0.15) is 5.75 Å². The number of imidazole rings is 1. The summed E-state index contributed by atoms with van der Waals surface area (Å²) in [5, 5.41) is 9.47. The molecule has 1 N–H and O–H groups in total. The van der Waals surface area contributed by atoms with Crippen LogP contribution in [0.3, 0.4) is 0 Å². The Kier molecular flexibility index (Phi) is 4.22. The Morgan fingerprint density at radius 3 is 2.10 bits per heavy atom. The van der Waals surface area contributed by atoms with Crippen molar-refractivity contribution in [1.82, 2.24) is 9.38 Å². The molecule has 0 radical (unpaired) electrons. The molecule has 0 fully saturated rings. The van der Waals surface area contributed by atoms with Gasteiger partial charge < -0.3 is 5.11 Å². The van der Waals surface area contributed by atoms with Gasteiger partial charge in [0.2, 0.25) is 0 Å². The molecule has 4 nitrogen and oxygen atoms in total. The normalized spacial score (nSPS) is 11.9. The summed E-state index contributed by atoms with van der Waals surface area (Å²) in [6, 6.07) is 26.6. The average Bonchev–Trinajstić information content (AvgIpc) is 3.28. The first kappa shape index (κ1) is 17.4. The summed E-state index contributed by atoms with van der Waals surface area (Å²) < 4.78 is 2.31. The van der Waals surface area contributed by atoms with Crippen LogP contribution in [0.4, 0.5) is 0 Å². The molecule has 29 heavy (non-hydrogen) atoms. The molecule has 2 aromatic heterocycles. The maximum Gasteiger partial charge on any atom is 0.274 e. The van der Waals surface area contributed by atoms with Crippen molar-refractivity contribution >= 4 is 22.4 Å². The number of thiazole rings is 1. The Morgan fingerprint density at radius 2 is 1.45 bits per heavy atom. The summed E-state index contributed by atoms with van der Waals surface area (Å²) in [6.45, 7) is 0. The van der Waals surface area contributed by atoms with Gasteiger partial charge in [-0.2, -0.15) is 0 Å². The minimum atomic E-state index is -0.0911. The van der Waals surface area contributed by atoms with Crippen LogP contribution >= 0.6 is 11.3 Å². The average molecular weight is 396 g/mol. The van der Waals surface area contributed by atoms with Crippen LogP contribution < -0.4 is 10.1 Å². The van der Waals surface area contributed by atoms with Crippen molar-refractivity contribution in [3.63, 3.8) is 0 Å². The van der Waals surface area contributed by atoms with E-state index in [-0.39, 0.29) is 11.3 Å². The smallest absolute Gasteiger partial charge is 0.274 e. The molecule has 0 unspecified atom stereocenters. The predicted molar refractivity (Wildman–Crippen MR) is 117 cm³/mol. The summed E-state index contributed by atoms with van der Waals surface area (Å²) in [6.07, 6.45) is 1.83. The number of aromatic nitrogens is 2. The lowest BCUT2D eigenvalue weighted by Gasteiger charge is -2.04. The fraction of sp³-hybridized carbons (Fsp3) is 0. The van der Waals surface area contributed by atoms with Crippen molar-refractivity contribution in [2.75, 3.05) is 0 Å². The molecule has 5 aromatic rings. The highest BCUT2D eigenvalue weighted by Crippen LogP contribution is 2.32. The highest BCUT2D eigenvalue weighted by atomic mass is 32.1. The topological polar surface area (TPSA) is 54.6 Å². The van der Waals surface area contributed by atoms with Gasteiger partial charge in [-0.3, -0.25) is 4.79 Å². The SMILES string of the molecule is O=c1c(=Cc2ccc(O)cc2)sc2nc(-c3ccccc3)c(-c3ccccc3)n12. The maximum atomic E-state index is 13.3.